The van der Waals surface area contributed by atoms with E-state index in [9.17, 15) is 4.79 Å². The molecular formula is C19H25N3O. The van der Waals surface area contributed by atoms with E-state index < -0.39 is 0 Å². The second-order valence-electron chi connectivity index (χ2n) is 6.28. The predicted molar refractivity (Wildman–Crippen MR) is 92.4 cm³/mol. The van der Waals surface area contributed by atoms with Crippen LogP contribution >= 0.6 is 0 Å². The van der Waals surface area contributed by atoms with Gasteiger partial charge < -0.3 is 9.72 Å². The maximum atomic E-state index is 12.1. The molecule has 2 aromatic heterocycles. The third-order valence-corrected chi connectivity index (χ3v) is 4.57. The molecule has 122 valence electrons. The Balaban J connectivity index is 1.48. The summed E-state index contributed by atoms with van der Waals surface area (Å²) in [6.07, 6.45) is 11.6. The molecule has 0 bridgehead atoms. The van der Waals surface area contributed by atoms with Crippen LogP contribution in [0, 0.1) is 6.92 Å². The highest BCUT2D eigenvalue weighted by Crippen LogP contribution is 2.19. The number of hydrogen-bond donors (Lipinski definition) is 1. The number of carbonyl (C=O) groups excluding carboxylic acids is 1. The van der Waals surface area contributed by atoms with E-state index in [1.54, 1.807) is 0 Å². The SMILES string of the molecule is Cc1nc2ccccn2c1CCC(=O)NCCC1=CCCCC1. The molecule has 0 saturated carbocycles. The largest absolute Gasteiger partial charge is 0.356 e. The molecular weight excluding hydrogens is 286 g/mol. The first-order valence-corrected chi connectivity index (χ1v) is 8.61. The van der Waals surface area contributed by atoms with Gasteiger partial charge in [0.05, 0.1) is 5.69 Å². The number of fused-ring (bicyclic) bond motifs is 1. The number of imidazole rings is 1. The van der Waals surface area contributed by atoms with Crippen molar-refractivity contribution in [2.45, 2.75) is 51.9 Å². The first-order valence-electron chi connectivity index (χ1n) is 8.61. The van der Waals surface area contributed by atoms with Gasteiger partial charge in [0.25, 0.3) is 0 Å². The monoisotopic (exact) mass is 311 g/mol. The van der Waals surface area contributed by atoms with E-state index in [2.05, 4.69) is 20.8 Å². The molecule has 0 aromatic carbocycles. The van der Waals surface area contributed by atoms with Crippen LogP contribution < -0.4 is 5.32 Å². The average Bonchev–Trinajstić information content (AvgIpc) is 2.89. The van der Waals surface area contributed by atoms with E-state index in [0.717, 1.165) is 36.4 Å². The van der Waals surface area contributed by atoms with Crippen molar-refractivity contribution < 1.29 is 4.79 Å². The van der Waals surface area contributed by atoms with Crippen LogP contribution in [0.25, 0.3) is 5.65 Å². The molecule has 1 N–H and O–H groups in total. The standard InChI is InChI=1S/C19H25N3O/c1-15-17(22-14-6-5-9-18(22)21-15)10-11-19(23)20-13-12-16-7-3-2-4-8-16/h5-7,9,14H,2-4,8,10-13H2,1H3,(H,20,23). The predicted octanol–water partition coefficient (Wildman–Crippen LogP) is 3.58. The van der Waals surface area contributed by atoms with Gasteiger partial charge in [0.1, 0.15) is 5.65 Å². The number of amides is 1. The quantitative estimate of drug-likeness (QED) is 0.829. The highest BCUT2D eigenvalue weighted by Gasteiger charge is 2.10. The maximum Gasteiger partial charge on any atom is 0.220 e. The molecule has 4 heteroatoms. The smallest absolute Gasteiger partial charge is 0.220 e. The maximum absolute atomic E-state index is 12.1. The molecule has 0 spiro atoms. The molecule has 2 heterocycles. The molecule has 23 heavy (non-hydrogen) atoms. The molecule has 0 saturated heterocycles. The van der Waals surface area contributed by atoms with Crippen molar-refractivity contribution in [1.82, 2.24) is 14.7 Å². The van der Waals surface area contributed by atoms with Gasteiger partial charge in [0.2, 0.25) is 5.91 Å². The Morgan fingerprint density at radius 1 is 1.30 bits per heavy atom. The molecule has 0 atom stereocenters. The molecule has 0 aliphatic heterocycles. The fourth-order valence-electron chi connectivity index (χ4n) is 3.28. The minimum Gasteiger partial charge on any atom is -0.356 e. The Morgan fingerprint density at radius 2 is 2.22 bits per heavy atom. The van der Waals surface area contributed by atoms with Gasteiger partial charge >= 0.3 is 0 Å². The Kier molecular flexibility index (Phi) is 5.11. The van der Waals surface area contributed by atoms with Gasteiger partial charge in [0.15, 0.2) is 0 Å². The van der Waals surface area contributed by atoms with Crippen LogP contribution in [0.1, 0.15) is 49.9 Å². The van der Waals surface area contributed by atoms with Gasteiger partial charge in [0, 0.05) is 24.9 Å². The van der Waals surface area contributed by atoms with Gasteiger partial charge in [-0.2, -0.15) is 0 Å². The second-order valence-corrected chi connectivity index (χ2v) is 6.28. The van der Waals surface area contributed by atoms with Crippen LogP contribution in [-0.4, -0.2) is 21.8 Å². The Morgan fingerprint density at radius 3 is 3.04 bits per heavy atom. The topological polar surface area (TPSA) is 46.4 Å². The molecule has 1 aliphatic rings. The summed E-state index contributed by atoms with van der Waals surface area (Å²) in [4.78, 5) is 16.6. The highest BCUT2D eigenvalue weighted by molar-refractivity contribution is 5.76. The zero-order chi connectivity index (χ0) is 16.1. The number of aromatic nitrogens is 2. The van der Waals surface area contributed by atoms with Crippen molar-refractivity contribution in [2.75, 3.05) is 6.54 Å². The van der Waals surface area contributed by atoms with E-state index in [-0.39, 0.29) is 5.91 Å². The molecule has 1 aliphatic carbocycles. The lowest BCUT2D eigenvalue weighted by atomic mass is 9.97. The lowest BCUT2D eigenvalue weighted by molar-refractivity contribution is -0.121. The summed E-state index contributed by atoms with van der Waals surface area (Å²) in [6.45, 7) is 2.77. The summed E-state index contributed by atoms with van der Waals surface area (Å²) in [5.41, 5.74) is 4.60. The van der Waals surface area contributed by atoms with Crippen molar-refractivity contribution in [2.24, 2.45) is 0 Å². The number of nitrogens with zero attached hydrogens (tertiary/aromatic N) is 2. The number of nitrogens with one attached hydrogen (secondary N) is 1. The first kappa shape index (κ1) is 15.8. The molecule has 0 radical (unpaired) electrons. The summed E-state index contributed by atoms with van der Waals surface area (Å²) >= 11 is 0. The third kappa shape index (κ3) is 4.01. The minimum absolute atomic E-state index is 0.131. The minimum atomic E-state index is 0.131. The summed E-state index contributed by atoms with van der Waals surface area (Å²) in [5.74, 6) is 0.131. The van der Waals surface area contributed by atoms with Crippen molar-refractivity contribution in [1.29, 1.82) is 0 Å². The first-order chi connectivity index (χ1) is 11.2. The van der Waals surface area contributed by atoms with Crippen LogP contribution in [0.3, 0.4) is 0 Å². The van der Waals surface area contributed by atoms with Crippen LogP contribution in [0.4, 0.5) is 0 Å². The lowest BCUT2D eigenvalue weighted by Crippen LogP contribution is -2.25. The summed E-state index contributed by atoms with van der Waals surface area (Å²) in [7, 11) is 0. The fourth-order valence-corrected chi connectivity index (χ4v) is 3.28. The number of aryl methyl sites for hydroxylation is 2. The zero-order valence-electron chi connectivity index (χ0n) is 13.8. The van der Waals surface area contributed by atoms with E-state index in [0.29, 0.717) is 6.42 Å². The lowest BCUT2D eigenvalue weighted by Gasteiger charge is -2.13. The van der Waals surface area contributed by atoms with Crippen LogP contribution in [-0.2, 0) is 11.2 Å². The fraction of sp³-hybridized carbons (Fsp3) is 0.474. The number of allylic oxidation sites excluding steroid dienone is 1. The van der Waals surface area contributed by atoms with Gasteiger partial charge in [-0.05, 0) is 57.6 Å². The molecule has 0 unspecified atom stereocenters. The Hall–Kier alpha value is -2.10. The Labute approximate surface area is 137 Å². The summed E-state index contributed by atoms with van der Waals surface area (Å²) in [5, 5.41) is 3.05. The van der Waals surface area contributed by atoms with Gasteiger partial charge in [-0.15, -0.1) is 0 Å². The van der Waals surface area contributed by atoms with E-state index in [1.807, 2.05) is 31.3 Å². The van der Waals surface area contributed by atoms with E-state index in [4.69, 9.17) is 0 Å². The number of hydrogen-bond acceptors (Lipinski definition) is 2. The molecule has 4 nitrogen and oxygen atoms in total. The van der Waals surface area contributed by atoms with Crippen molar-refractivity contribution >= 4 is 11.6 Å². The molecule has 3 rings (SSSR count). The van der Waals surface area contributed by atoms with E-state index in [1.165, 1.54) is 31.3 Å². The molecule has 0 fully saturated rings. The van der Waals surface area contributed by atoms with Crippen LogP contribution in [0.2, 0.25) is 0 Å². The summed E-state index contributed by atoms with van der Waals surface area (Å²) < 4.78 is 2.08. The summed E-state index contributed by atoms with van der Waals surface area (Å²) in [6, 6.07) is 5.97. The number of pyridine rings is 1. The zero-order valence-corrected chi connectivity index (χ0v) is 13.8. The van der Waals surface area contributed by atoms with Gasteiger partial charge in [-0.3, -0.25) is 4.79 Å². The number of rotatable bonds is 6. The van der Waals surface area contributed by atoms with Crippen molar-refractivity contribution in [3.8, 4) is 0 Å². The second kappa shape index (κ2) is 7.44. The number of carbonyl (C=O) groups is 1. The van der Waals surface area contributed by atoms with Gasteiger partial charge in [-0.1, -0.05) is 17.7 Å². The molecule has 2 aromatic rings. The normalized spacial score (nSPS) is 14.7. The van der Waals surface area contributed by atoms with Crippen LogP contribution in [0.15, 0.2) is 36.0 Å². The van der Waals surface area contributed by atoms with Crippen molar-refractivity contribution in [3.63, 3.8) is 0 Å². The van der Waals surface area contributed by atoms with Gasteiger partial charge in [-0.25, -0.2) is 4.98 Å². The van der Waals surface area contributed by atoms with E-state index >= 15 is 0 Å². The highest BCUT2D eigenvalue weighted by atomic mass is 16.1. The average molecular weight is 311 g/mol. The Bertz CT molecular complexity index is 714. The van der Waals surface area contributed by atoms with Crippen molar-refractivity contribution in [3.05, 3.63) is 47.4 Å². The third-order valence-electron chi connectivity index (χ3n) is 4.57. The van der Waals surface area contributed by atoms with Crippen LogP contribution in [0.5, 0.6) is 0 Å². The molecule has 1 amide bonds.